The van der Waals surface area contributed by atoms with E-state index in [1.54, 1.807) is 0 Å². The Morgan fingerprint density at radius 2 is 2.28 bits per heavy atom. The highest BCUT2D eigenvalue weighted by Crippen LogP contribution is 2.18. The number of carbonyl (C=O) groups is 1. The lowest BCUT2D eigenvalue weighted by molar-refractivity contribution is 0.0933. The predicted molar refractivity (Wildman–Crippen MR) is 66.0 cm³/mol. The van der Waals surface area contributed by atoms with Gasteiger partial charge in [-0.3, -0.25) is 4.79 Å². The molecular formula is C13H17FN2O2. The summed E-state index contributed by atoms with van der Waals surface area (Å²) in [6.45, 7) is 1.70. The summed E-state index contributed by atoms with van der Waals surface area (Å²) in [4.78, 5) is 11.9. The van der Waals surface area contributed by atoms with Gasteiger partial charge in [0.05, 0.1) is 5.56 Å². The van der Waals surface area contributed by atoms with E-state index in [4.69, 9.17) is 0 Å². The number of aromatic hydroxyl groups is 1. The van der Waals surface area contributed by atoms with Crippen LogP contribution in [0.1, 0.15) is 29.6 Å². The van der Waals surface area contributed by atoms with E-state index < -0.39 is 5.82 Å². The number of phenols is 1. The molecule has 1 amide bonds. The number of nitrogens with one attached hydrogen (secondary N) is 2. The van der Waals surface area contributed by atoms with Crippen LogP contribution in [0, 0.1) is 5.82 Å². The summed E-state index contributed by atoms with van der Waals surface area (Å²) in [5.74, 6) is -1.24. The van der Waals surface area contributed by atoms with Gasteiger partial charge in [0.1, 0.15) is 11.6 Å². The molecule has 1 unspecified atom stereocenters. The molecule has 1 fully saturated rings. The van der Waals surface area contributed by atoms with Crippen LogP contribution in [0.4, 0.5) is 4.39 Å². The summed E-state index contributed by atoms with van der Waals surface area (Å²) in [5, 5.41) is 15.6. The third-order valence-electron chi connectivity index (χ3n) is 3.09. The zero-order chi connectivity index (χ0) is 13.0. The lowest BCUT2D eigenvalue weighted by Gasteiger charge is -2.16. The maximum atomic E-state index is 12.8. The number of amides is 1. The summed E-state index contributed by atoms with van der Waals surface area (Å²) in [6.07, 6.45) is 3.09. The van der Waals surface area contributed by atoms with Crippen molar-refractivity contribution in [3.05, 3.63) is 29.6 Å². The van der Waals surface area contributed by atoms with E-state index in [9.17, 15) is 14.3 Å². The lowest BCUT2D eigenvalue weighted by atomic mass is 10.1. The Labute approximate surface area is 105 Å². The van der Waals surface area contributed by atoms with E-state index in [1.807, 2.05) is 0 Å². The minimum Gasteiger partial charge on any atom is -0.507 e. The van der Waals surface area contributed by atoms with Gasteiger partial charge in [-0.2, -0.15) is 0 Å². The zero-order valence-corrected chi connectivity index (χ0v) is 10.1. The van der Waals surface area contributed by atoms with Gasteiger partial charge in [0.15, 0.2) is 0 Å². The van der Waals surface area contributed by atoms with E-state index >= 15 is 0 Å². The van der Waals surface area contributed by atoms with Gasteiger partial charge in [0.25, 0.3) is 5.91 Å². The molecule has 1 atom stereocenters. The average Bonchev–Trinajstić information content (AvgIpc) is 2.57. The second-order valence-corrected chi connectivity index (χ2v) is 4.53. The van der Waals surface area contributed by atoms with Crippen molar-refractivity contribution in [2.45, 2.75) is 25.3 Å². The molecule has 4 nitrogen and oxygen atoms in total. The Kier molecular flexibility index (Phi) is 4.15. The van der Waals surface area contributed by atoms with Gasteiger partial charge in [0.2, 0.25) is 0 Å². The fraction of sp³-hybridized carbons (Fsp3) is 0.462. The van der Waals surface area contributed by atoms with Crippen molar-refractivity contribution in [1.82, 2.24) is 10.6 Å². The summed E-state index contributed by atoms with van der Waals surface area (Å²) in [5.41, 5.74) is 0.112. The van der Waals surface area contributed by atoms with E-state index in [0.29, 0.717) is 0 Å². The standard InChI is InChI=1S/C13H17FN2O2/c14-9-4-5-11(12(17)7-9)13(18)16-10-3-1-2-6-15-8-10/h4-5,7,10,15,17H,1-3,6,8H2,(H,16,18). The molecule has 0 saturated carbocycles. The third-order valence-corrected chi connectivity index (χ3v) is 3.09. The SMILES string of the molecule is O=C(NC1CCCCNC1)c1ccc(F)cc1O. The number of carbonyl (C=O) groups excluding carboxylic acids is 1. The molecular weight excluding hydrogens is 235 g/mol. The normalized spacial score (nSPS) is 20.2. The molecule has 1 aromatic carbocycles. The van der Waals surface area contributed by atoms with Crippen LogP contribution in [0.15, 0.2) is 18.2 Å². The number of hydrogen-bond acceptors (Lipinski definition) is 3. The van der Waals surface area contributed by atoms with Crippen LogP contribution >= 0.6 is 0 Å². The Morgan fingerprint density at radius 1 is 1.44 bits per heavy atom. The zero-order valence-electron chi connectivity index (χ0n) is 10.1. The highest BCUT2D eigenvalue weighted by molar-refractivity contribution is 5.96. The molecule has 0 radical (unpaired) electrons. The first-order valence-corrected chi connectivity index (χ1v) is 6.17. The third kappa shape index (κ3) is 3.20. The second kappa shape index (κ2) is 5.82. The van der Waals surface area contributed by atoms with Crippen LogP contribution in [0.25, 0.3) is 0 Å². The first-order chi connectivity index (χ1) is 8.66. The van der Waals surface area contributed by atoms with Crippen molar-refractivity contribution in [3.8, 4) is 5.75 Å². The minimum absolute atomic E-state index is 0.0597. The van der Waals surface area contributed by atoms with E-state index in [1.165, 1.54) is 12.1 Å². The summed E-state index contributed by atoms with van der Waals surface area (Å²) in [6, 6.07) is 3.47. The highest BCUT2D eigenvalue weighted by Gasteiger charge is 2.17. The molecule has 0 aliphatic carbocycles. The Balaban J connectivity index is 2.02. The molecule has 0 spiro atoms. The second-order valence-electron chi connectivity index (χ2n) is 4.53. The molecule has 1 aromatic rings. The van der Waals surface area contributed by atoms with Crippen molar-refractivity contribution >= 4 is 5.91 Å². The van der Waals surface area contributed by atoms with E-state index in [-0.39, 0.29) is 23.3 Å². The van der Waals surface area contributed by atoms with Gasteiger partial charge in [0, 0.05) is 18.7 Å². The average molecular weight is 252 g/mol. The Hall–Kier alpha value is -1.62. The highest BCUT2D eigenvalue weighted by atomic mass is 19.1. The van der Waals surface area contributed by atoms with Crippen LogP contribution in [0.3, 0.4) is 0 Å². The summed E-state index contributed by atoms with van der Waals surface area (Å²) < 4.78 is 12.8. The predicted octanol–water partition coefficient (Wildman–Crippen LogP) is 1.40. The number of hydrogen-bond donors (Lipinski definition) is 3. The van der Waals surface area contributed by atoms with Crippen LogP contribution in [0.2, 0.25) is 0 Å². The van der Waals surface area contributed by atoms with E-state index in [2.05, 4.69) is 10.6 Å². The smallest absolute Gasteiger partial charge is 0.255 e. The van der Waals surface area contributed by atoms with Crippen LogP contribution < -0.4 is 10.6 Å². The monoisotopic (exact) mass is 252 g/mol. The Morgan fingerprint density at radius 3 is 3.06 bits per heavy atom. The van der Waals surface area contributed by atoms with Gasteiger partial charge in [-0.15, -0.1) is 0 Å². The van der Waals surface area contributed by atoms with Gasteiger partial charge in [-0.05, 0) is 31.5 Å². The van der Waals surface area contributed by atoms with Crippen LogP contribution in [-0.4, -0.2) is 30.1 Å². The molecule has 3 N–H and O–H groups in total. The van der Waals surface area contributed by atoms with E-state index in [0.717, 1.165) is 38.4 Å². The summed E-state index contributed by atoms with van der Waals surface area (Å²) in [7, 11) is 0. The minimum atomic E-state index is -0.555. The van der Waals surface area contributed by atoms with Crippen molar-refractivity contribution < 1.29 is 14.3 Å². The van der Waals surface area contributed by atoms with Crippen LogP contribution in [0.5, 0.6) is 5.75 Å². The van der Waals surface area contributed by atoms with Crippen molar-refractivity contribution in [1.29, 1.82) is 0 Å². The van der Waals surface area contributed by atoms with Crippen molar-refractivity contribution in [3.63, 3.8) is 0 Å². The molecule has 5 heteroatoms. The molecule has 1 aliphatic rings. The largest absolute Gasteiger partial charge is 0.507 e. The molecule has 1 saturated heterocycles. The molecule has 0 bridgehead atoms. The Bertz CT molecular complexity index is 429. The quantitative estimate of drug-likeness (QED) is 0.745. The van der Waals surface area contributed by atoms with Gasteiger partial charge >= 0.3 is 0 Å². The summed E-state index contributed by atoms with van der Waals surface area (Å²) >= 11 is 0. The number of benzene rings is 1. The molecule has 18 heavy (non-hydrogen) atoms. The topological polar surface area (TPSA) is 61.4 Å². The van der Waals surface area contributed by atoms with Gasteiger partial charge < -0.3 is 15.7 Å². The number of halogens is 1. The first-order valence-electron chi connectivity index (χ1n) is 6.17. The number of rotatable bonds is 2. The molecule has 0 aromatic heterocycles. The van der Waals surface area contributed by atoms with Crippen molar-refractivity contribution in [2.24, 2.45) is 0 Å². The maximum Gasteiger partial charge on any atom is 0.255 e. The number of phenolic OH excluding ortho intramolecular Hbond substituents is 1. The fourth-order valence-corrected chi connectivity index (χ4v) is 2.10. The molecule has 98 valence electrons. The first kappa shape index (κ1) is 12.8. The maximum absolute atomic E-state index is 12.8. The van der Waals surface area contributed by atoms with Crippen LogP contribution in [-0.2, 0) is 0 Å². The molecule has 1 aliphatic heterocycles. The van der Waals surface area contributed by atoms with Gasteiger partial charge in [-0.25, -0.2) is 4.39 Å². The fourth-order valence-electron chi connectivity index (χ4n) is 2.10. The molecule has 1 heterocycles. The molecule has 2 rings (SSSR count). The van der Waals surface area contributed by atoms with Crippen molar-refractivity contribution in [2.75, 3.05) is 13.1 Å². The lowest BCUT2D eigenvalue weighted by Crippen LogP contribution is -2.40. The van der Waals surface area contributed by atoms with Gasteiger partial charge in [-0.1, -0.05) is 6.42 Å².